The van der Waals surface area contributed by atoms with Gasteiger partial charge in [0.05, 0.1) is 12.1 Å². The van der Waals surface area contributed by atoms with Gasteiger partial charge in [0.15, 0.2) is 17.3 Å². The third-order valence-electron chi connectivity index (χ3n) is 4.99. The number of ether oxygens (including phenoxy) is 2. The van der Waals surface area contributed by atoms with Crippen LogP contribution in [0.3, 0.4) is 0 Å². The summed E-state index contributed by atoms with van der Waals surface area (Å²) in [6, 6.07) is 11.9. The molecular weight excluding hydrogens is 326 g/mol. The third-order valence-corrected chi connectivity index (χ3v) is 4.99. The monoisotopic (exact) mass is 349 g/mol. The van der Waals surface area contributed by atoms with E-state index in [-0.39, 0.29) is 18.0 Å². The molecule has 26 heavy (non-hydrogen) atoms. The van der Waals surface area contributed by atoms with Gasteiger partial charge < -0.3 is 9.47 Å². The zero-order valence-corrected chi connectivity index (χ0v) is 15.5. The molecule has 4 nitrogen and oxygen atoms in total. The van der Waals surface area contributed by atoms with E-state index in [2.05, 4.69) is 25.8 Å². The van der Waals surface area contributed by atoms with E-state index in [1.807, 2.05) is 36.4 Å². The molecule has 0 radical (unpaired) electrons. The minimum atomic E-state index is 0.0798. The van der Waals surface area contributed by atoms with E-state index in [1.54, 1.807) is 0 Å². The van der Waals surface area contributed by atoms with Crippen LogP contribution in [-0.2, 0) is 11.8 Å². The van der Waals surface area contributed by atoms with E-state index in [0.29, 0.717) is 13.0 Å². The molecule has 0 saturated carbocycles. The lowest BCUT2D eigenvalue weighted by molar-refractivity contribution is 0.100. The molecule has 0 aliphatic carbocycles. The number of Topliss-reactive ketones (excluding diaryl/α,β-unsaturated/α-hetero) is 1. The van der Waals surface area contributed by atoms with Gasteiger partial charge in [0, 0.05) is 17.7 Å². The van der Waals surface area contributed by atoms with E-state index in [4.69, 9.17) is 9.47 Å². The van der Waals surface area contributed by atoms with E-state index in [9.17, 15) is 4.79 Å². The van der Waals surface area contributed by atoms with Gasteiger partial charge in [0.1, 0.15) is 0 Å². The molecule has 0 N–H and O–H groups in total. The van der Waals surface area contributed by atoms with Crippen LogP contribution in [0.25, 0.3) is 0 Å². The smallest absolute Gasteiger partial charge is 0.231 e. The number of rotatable bonds is 3. The topological polar surface area (TPSA) is 47.9 Å². The number of fused-ring (bicyclic) bond motifs is 2. The van der Waals surface area contributed by atoms with Crippen molar-refractivity contribution in [2.24, 2.45) is 4.99 Å². The lowest BCUT2D eigenvalue weighted by Crippen LogP contribution is -2.17. The molecule has 0 bridgehead atoms. The van der Waals surface area contributed by atoms with Crippen LogP contribution in [0.4, 0.5) is 0 Å². The summed E-state index contributed by atoms with van der Waals surface area (Å²) in [5.74, 6) is 1.61. The number of ketones is 1. The largest absolute Gasteiger partial charge is 0.454 e. The predicted molar refractivity (Wildman–Crippen MR) is 102 cm³/mol. The van der Waals surface area contributed by atoms with Gasteiger partial charge in [-0.25, -0.2) is 0 Å². The molecule has 2 aromatic carbocycles. The fraction of sp³-hybridized carbons (Fsp3) is 0.364. The maximum absolute atomic E-state index is 12.8. The second-order valence-corrected chi connectivity index (χ2v) is 7.87. The molecule has 0 atom stereocenters. The van der Waals surface area contributed by atoms with Crippen molar-refractivity contribution in [3.05, 3.63) is 58.7 Å². The zero-order valence-electron chi connectivity index (χ0n) is 15.5. The zero-order chi connectivity index (χ0) is 18.3. The minimum Gasteiger partial charge on any atom is -0.454 e. The first kappa shape index (κ1) is 16.8. The molecule has 0 saturated heterocycles. The molecular formula is C22H23NO3. The van der Waals surface area contributed by atoms with Crippen molar-refractivity contribution < 1.29 is 14.3 Å². The Balaban J connectivity index is 1.56. The molecule has 0 unspecified atom stereocenters. The lowest BCUT2D eigenvalue weighted by Gasteiger charge is -2.19. The number of hydrogen-bond donors (Lipinski definition) is 0. The van der Waals surface area contributed by atoms with Crippen LogP contribution in [0, 0.1) is 0 Å². The Morgan fingerprint density at radius 2 is 1.77 bits per heavy atom. The minimum absolute atomic E-state index is 0.0798. The molecule has 0 spiro atoms. The maximum atomic E-state index is 12.8. The summed E-state index contributed by atoms with van der Waals surface area (Å²) < 4.78 is 10.9. The van der Waals surface area contributed by atoms with Gasteiger partial charge in [-0.15, -0.1) is 0 Å². The first-order chi connectivity index (χ1) is 12.4. The Bertz CT molecular complexity index is 889. The average Bonchev–Trinajstić information content (AvgIpc) is 3.07. The highest BCUT2D eigenvalue weighted by atomic mass is 16.7. The van der Waals surface area contributed by atoms with Crippen LogP contribution in [-0.4, -0.2) is 24.8 Å². The highest BCUT2D eigenvalue weighted by Crippen LogP contribution is 2.36. The van der Waals surface area contributed by atoms with Crippen LogP contribution >= 0.6 is 0 Å². The van der Waals surface area contributed by atoms with E-state index in [1.165, 1.54) is 11.1 Å². The van der Waals surface area contributed by atoms with Crippen LogP contribution in [0.15, 0.2) is 41.4 Å². The number of carbonyl (C=O) groups excluding carboxylic acids is 1. The molecule has 0 amide bonds. The van der Waals surface area contributed by atoms with Crippen molar-refractivity contribution >= 4 is 11.5 Å². The number of nitrogens with zero attached hydrogens (tertiary/aromatic N) is 1. The lowest BCUT2D eigenvalue weighted by atomic mass is 9.86. The summed E-state index contributed by atoms with van der Waals surface area (Å²) >= 11 is 0. The Kier molecular flexibility index (Phi) is 4.06. The quantitative estimate of drug-likeness (QED) is 0.775. The summed E-state index contributed by atoms with van der Waals surface area (Å²) in [5.41, 5.74) is 5.07. The van der Waals surface area contributed by atoms with Crippen LogP contribution < -0.4 is 9.47 Å². The van der Waals surface area contributed by atoms with Crippen molar-refractivity contribution in [3.8, 4) is 11.5 Å². The number of carbonyl (C=O) groups is 1. The Labute approximate surface area is 153 Å². The van der Waals surface area contributed by atoms with E-state index >= 15 is 0 Å². The average molecular weight is 349 g/mol. The molecule has 2 aliphatic heterocycles. The van der Waals surface area contributed by atoms with Gasteiger partial charge in [-0.1, -0.05) is 45.0 Å². The van der Waals surface area contributed by atoms with Crippen molar-refractivity contribution in [1.29, 1.82) is 0 Å². The van der Waals surface area contributed by atoms with Crippen molar-refractivity contribution in [2.45, 2.75) is 39.0 Å². The molecule has 0 fully saturated rings. The second-order valence-electron chi connectivity index (χ2n) is 7.87. The summed E-state index contributed by atoms with van der Waals surface area (Å²) in [6.07, 6.45) is 1.17. The molecule has 2 aliphatic rings. The van der Waals surface area contributed by atoms with Gasteiger partial charge in [-0.2, -0.15) is 0 Å². The standard InChI is InChI=1S/C22H23NO3/c1-22(2,3)16-6-4-14(5-7-16)19(24)12-18-17-11-21-20(25-13-26-21)10-15(17)8-9-23-18/h4-7,10-11H,8-9,12-13H2,1-3H3. The Hall–Kier alpha value is -2.62. The van der Waals surface area contributed by atoms with Gasteiger partial charge in [0.25, 0.3) is 0 Å². The van der Waals surface area contributed by atoms with Gasteiger partial charge in [-0.3, -0.25) is 9.79 Å². The van der Waals surface area contributed by atoms with Crippen LogP contribution in [0.5, 0.6) is 11.5 Å². The molecule has 2 aromatic rings. The first-order valence-electron chi connectivity index (χ1n) is 9.02. The maximum Gasteiger partial charge on any atom is 0.231 e. The fourth-order valence-corrected chi connectivity index (χ4v) is 3.42. The SMILES string of the molecule is CC(C)(C)c1ccc(C(=O)CC2=NCCc3cc4c(cc32)OCO4)cc1. The van der Waals surface area contributed by atoms with E-state index in [0.717, 1.165) is 34.8 Å². The Morgan fingerprint density at radius 3 is 2.46 bits per heavy atom. The summed E-state index contributed by atoms with van der Waals surface area (Å²) in [4.78, 5) is 17.4. The highest BCUT2D eigenvalue weighted by Gasteiger charge is 2.23. The first-order valence-corrected chi connectivity index (χ1v) is 9.02. The summed E-state index contributed by atoms with van der Waals surface area (Å²) in [7, 11) is 0. The van der Waals surface area contributed by atoms with Gasteiger partial charge in [0.2, 0.25) is 6.79 Å². The van der Waals surface area contributed by atoms with Crippen molar-refractivity contribution in [2.75, 3.05) is 13.3 Å². The molecule has 4 heteroatoms. The van der Waals surface area contributed by atoms with E-state index < -0.39 is 0 Å². The predicted octanol–water partition coefficient (Wildman–Crippen LogP) is 4.33. The highest BCUT2D eigenvalue weighted by molar-refractivity contribution is 6.16. The number of aliphatic imine (C=N–C) groups is 1. The number of hydrogen-bond acceptors (Lipinski definition) is 4. The fourth-order valence-electron chi connectivity index (χ4n) is 3.42. The number of benzene rings is 2. The summed E-state index contributed by atoms with van der Waals surface area (Å²) in [5, 5.41) is 0. The molecule has 134 valence electrons. The van der Waals surface area contributed by atoms with Crippen LogP contribution in [0.1, 0.15) is 54.2 Å². The molecule has 4 rings (SSSR count). The van der Waals surface area contributed by atoms with Gasteiger partial charge >= 0.3 is 0 Å². The van der Waals surface area contributed by atoms with Crippen LogP contribution in [0.2, 0.25) is 0 Å². The second kappa shape index (κ2) is 6.27. The third kappa shape index (κ3) is 3.12. The van der Waals surface area contributed by atoms with Crippen molar-refractivity contribution in [3.63, 3.8) is 0 Å². The van der Waals surface area contributed by atoms with Crippen molar-refractivity contribution in [1.82, 2.24) is 0 Å². The molecule has 0 aromatic heterocycles. The Morgan fingerprint density at radius 1 is 1.08 bits per heavy atom. The molecule has 2 heterocycles. The normalized spacial score (nSPS) is 15.4. The van der Waals surface area contributed by atoms with Gasteiger partial charge in [-0.05, 0) is 35.1 Å². The summed E-state index contributed by atoms with van der Waals surface area (Å²) in [6.45, 7) is 7.47.